The minimum absolute atomic E-state index is 0.288. The molecule has 3 saturated carbocycles. The van der Waals surface area contributed by atoms with E-state index in [-0.39, 0.29) is 5.41 Å². The van der Waals surface area contributed by atoms with Crippen LogP contribution in [-0.2, 0) is 4.79 Å². The Hall–Kier alpha value is -0.530. The number of hydrogen-bond donors (Lipinski definition) is 1. The van der Waals surface area contributed by atoms with Crippen LogP contribution in [-0.4, -0.2) is 11.1 Å². The summed E-state index contributed by atoms with van der Waals surface area (Å²) in [6.07, 6.45) is 8.27. The van der Waals surface area contributed by atoms with Gasteiger partial charge in [0.1, 0.15) is 0 Å². The van der Waals surface area contributed by atoms with Crippen molar-refractivity contribution >= 4 is 5.97 Å². The van der Waals surface area contributed by atoms with E-state index in [0.29, 0.717) is 5.92 Å². The van der Waals surface area contributed by atoms with E-state index in [4.69, 9.17) is 0 Å². The topological polar surface area (TPSA) is 37.3 Å². The molecular weight excluding hydrogens is 176 g/mol. The number of carboxylic acids is 1. The van der Waals surface area contributed by atoms with Crippen molar-refractivity contribution in [1.82, 2.24) is 0 Å². The lowest BCUT2D eigenvalue weighted by Gasteiger charge is -2.54. The van der Waals surface area contributed by atoms with Gasteiger partial charge in [-0.05, 0) is 49.9 Å². The normalized spacial score (nSPS) is 50.4. The quantitative estimate of drug-likeness (QED) is 0.696. The summed E-state index contributed by atoms with van der Waals surface area (Å²) in [5.74, 6) is 1.49. The number of hydrogen-bond acceptors (Lipinski definition) is 1. The molecule has 0 amide bonds. The highest BCUT2D eigenvalue weighted by molar-refractivity contribution is 5.75. The summed E-state index contributed by atoms with van der Waals surface area (Å²) in [6.45, 7) is 0. The van der Waals surface area contributed by atoms with E-state index in [0.717, 1.165) is 24.7 Å². The largest absolute Gasteiger partial charge is 0.481 e. The Kier molecular flexibility index (Phi) is 1.71. The summed E-state index contributed by atoms with van der Waals surface area (Å²) >= 11 is 0. The molecule has 0 radical (unpaired) electrons. The molecule has 0 saturated heterocycles. The van der Waals surface area contributed by atoms with Crippen molar-refractivity contribution < 1.29 is 9.90 Å². The van der Waals surface area contributed by atoms with Crippen molar-refractivity contribution in [3.63, 3.8) is 0 Å². The Morgan fingerprint density at radius 3 is 2.14 bits per heavy atom. The molecule has 2 nitrogen and oxygen atoms in total. The van der Waals surface area contributed by atoms with E-state index in [1.165, 1.54) is 32.1 Å². The SMILES string of the molecule is O=C(O)C12CC3CCC1CCC(C3)C2. The maximum Gasteiger partial charge on any atom is 0.309 e. The van der Waals surface area contributed by atoms with Crippen LogP contribution in [0.2, 0.25) is 0 Å². The maximum absolute atomic E-state index is 11.5. The van der Waals surface area contributed by atoms with E-state index in [1.807, 2.05) is 0 Å². The zero-order valence-electron chi connectivity index (χ0n) is 8.54. The third-order valence-corrected chi connectivity index (χ3v) is 5.03. The molecule has 0 aliphatic heterocycles. The van der Waals surface area contributed by atoms with E-state index in [2.05, 4.69) is 0 Å². The molecule has 3 aliphatic rings. The van der Waals surface area contributed by atoms with Crippen LogP contribution in [0.15, 0.2) is 0 Å². The molecule has 0 spiro atoms. The van der Waals surface area contributed by atoms with Gasteiger partial charge in [-0.25, -0.2) is 0 Å². The Morgan fingerprint density at radius 2 is 1.64 bits per heavy atom. The molecule has 3 rings (SSSR count). The first-order chi connectivity index (χ1) is 6.71. The molecule has 14 heavy (non-hydrogen) atoms. The lowest BCUT2D eigenvalue weighted by molar-refractivity contribution is -0.167. The van der Waals surface area contributed by atoms with Gasteiger partial charge in [-0.3, -0.25) is 4.79 Å². The second kappa shape index (κ2) is 2.74. The van der Waals surface area contributed by atoms with Gasteiger partial charge in [-0.15, -0.1) is 0 Å². The fourth-order valence-corrected chi connectivity index (χ4v) is 4.44. The third kappa shape index (κ3) is 0.999. The van der Waals surface area contributed by atoms with Crippen molar-refractivity contribution in [3.05, 3.63) is 0 Å². The first-order valence-corrected chi connectivity index (χ1v) is 5.94. The van der Waals surface area contributed by atoms with Gasteiger partial charge >= 0.3 is 5.97 Å². The molecule has 0 aromatic heterocycles. The molecule has 0 aromatic carbocycles. The van der Waals surface area contributed by atoms with E-state index in [9.17, 15) is 9.90 Å². The van der Waals surface area contributed by atoms with Crippen molar-refractivity contribution in [1.29, 1.82) is 0 Å². The second-order valence-electron chi connectivity index (χ2n) is 5.69. The van der Waals surface area contributed by atoms with Crippen LogP contribution in [0.25, 0.3) is 0 Å². The number of carboxylic acid groups (broad SMARTS) is 1. The third-order valence-electron chi connectivity index (χ3n) is 5.03. The first-order valence-electron chi connectivity index (χ1n) is 5.94. The van der Waals surface area contributed by atoms with Crippen molar-refractivity contribution in [2.75, 3.05) is 0 Å². The van der Waals surface area contributed by atoms with Gasteiger partial charge in [0.25, 0.3) is 0 Å². The van der Waals surface area contributed by atoms with Crippen molar-refractivity contribution in [2.45, 2.75) is 44.9 Å². The number of rotatable bonds is 1. The number of carbonyl (C=O) groups is 1. The maximum atomic E-state index is 11.5. The lowest BCUT2D eigenvalue weighted by atomic mass is 9.49. The molecule has 78 valence electrons. The van der Waals surface area contributed by atoms with Crippen molar-refractivity contribution in [2.24, 2.45) is 23.2 Å². The lowest BCUT2D eigenvalue weighted by Crippen LogP contribution is -2.51. The van der Waals surface area contributed by atoms with E-state index < -0.39 is 5.97 Å². The van der Waals surface area contributed by atoms with E-state index in [1.54, 1.807) is 0 Å². The van der Waals surface area contributed by atoms with E-state index >= 15 is 0 Å². The zero-order valence-corrected chi connectivity index (χ0v) is 8.54. The minimum atomic E-state index is -0.489. The molecule has 0 heterocycles. The predicted molar refractivity (Wildman–Crippen MR) is 52.9 cm³/mol. The molecule has 0 aromatic rings. The number of aliphatic carboxylic acids is 1. The van der Waals surface area contributed by atoms with Crippen LogP contribution in [0.3, 0.4) is 0 Å². The van der Waals surface area contributed by atoms with Gasteiger partial charge in [0, 0.05) is 0 Å². The van der Waals surface area contributed by atoms with Crippen LogP contribution in [0, 0.1) is 23.2 Å². The molecule has 2 heteroatoms. The molecule has 3 bridgehead atoms. The van der Waals surface area contributed by atoms with Gasteiger partial charge in [-0.1, -0.05) is 12.8 Å². The molecule has 2 unspecified atom stereocenters. The van der Waals surface area contributed by atoms with Crippen LogP contribution >= 0.6 is 0 Å². The molecule has 3 fully saturated rings. The van der Waals surface area contributed by atoms with Gasteiger partial charge in [-0.2, -0.15) is 0 Å². The fraction of sp³-hybridized carbons (Fsp3) is 0.917. The van der Waals surface area contributed by atoms with Crippen LogP contribution in [0.5, 0.6) is 0 Å². The standard InChI is InChI=1S/C12H18O2/c13-11(14)12-6-8-1-3-10(12)4-2-9(5-8)7-12/h8-10H,1-7H2,(H,13,14). The highest BCUT2D eigenvalue weighted by atomic mass is 16.4. The average molecular weight is 194 g/mol. The summed E-state index contributed by atoms with van der Waals surface area (Å²) < 4.78 is 0. The summed E-state index contributed by atoms with van der Waals surface area (Å²) in [5.41, 5.74) is -0.288. The van der Waals surface area contributed by atoms with Crippen molar-refractivity contribution in [3.8, 4) is 0 Å². The summed E-state index contributed by atoms with van der Waals surface area (Å²) in [5, 5.41) is 9.46. The summed E-state index contributed by atoms with van der Waals surface area (Å²) in [7, 11) is 0. The fourth-order valence-electron chi connectivity index (χ4n) is 4.44. The molecule has 3 aliphatic carbocycles. The average Bonchev–Trinajstić information content (AvgIpc) is 2.14. The monoisotopic (exact) mass is 194 g/mol. The van der Waals surface area contributed by atoms with Gasteiger partial charge in [0.2, 0.25) is 0 Å². The summed E-state index contributed by atoms with van der Waals surface area (Å²) in [4.78, 5) is 11.5. The van der Waals surface area contributed by atoms with Crippen LogP contribution in [0.1, 0.15) is 44.9 Å². The number of fused-ring (bicyclic) bond motifs is 2. The Morgan fingerprint density at radius 1 is 1.07 bits per heavy atom. The van der Waals surface area contributed by atoms with Crippen LogP contribution < -0.4 is 0 Å². The van der Waals surface area contributed by atoms with Gasteiger partial charge < -0.3 is 5.11 Å². The highest BCUT2D eigenvalue weighted by Crippen LogP contribution is 2.59. The minimum Gasteiger partial charge on any atom is -0.481 e. The first kappa shape index (κ1) is 8.75. The smallest absolute Gasteiger partial charge is 0.309 e. The summed E-state index contributed by atoms with van der Waals surface area (Å²) in [6, 6.07) is 0. The molecule has 1 N–H and O–H groups in total. The van der Waals surface area contributed by atoms with Gasteiger partial charge in [0.05, 0.1) is 5.41 Å². The van der Waals surface area contributed by atoms with Crippen LogP contribution in [0.4, 0.5) is 0 Å². The second-order valence-corrected chi connectivity index (χ2v) is 5.69. The molecular formula is C12H18O2. The Labute approximate surface area is 84.7 Å². The predicted octanol–water partition coefficient (Wildman–Crippen LogP) is 2.68. The Balaban J connectivity index is 1.99. The molecule has 2 atom stereocenters. The zero-order chi connectivity index (χ0) is 9.76. The highest BCUT2D eigenvalue weighted by Gasteiger charge is 2.55. The Bertz CT molecular complexity index is 255. The van der Waals surface area contributed by atoms with Gasteiger partial charge in [0.15, 0.2) is 0 Å².